The van der Waals surface area contributed by atoms with E-state index in [0.717, 1.165) is 37.0 Å². The number of carboxylic acids is 1. The number of carbonyl (C=O) groups is 1. The number of rotatable bonds is 5. The lowest BCUT2D eigenvalue weighted by Gasteiger charge is -2.27. The van der Waals surface area contributed by atoms with Gasteiger partial charge in [0.2, 0.25) is 10.0 Å². The summed E-state index contributed by atoms with van der Waals surface area (Å²) in [7, 11) is -3.62. The van der Waals surface area contributed by atoms with Gasteiger partial charge in [0.15, 0.2) is 0 Å². The largest absolute Gasteiger partial charge is 0.477 e. The first-order valence-electron chi connectivity index (χ1n) is 6.75. The van der Waals surface area contributed by atoms with Gasteiger partial charge in [-0.3, -0.25) is 0 Å². The highest BCUT2D eigenvalue weighted by atomic mass is 32.2. The second kappa shape index (κ2) is 6.24. The molecule has 7 heteroatoms. The third-order valence-electron chi connectivity index (χ3n) is 3.75. The van der Waals surface area contributed by atoms with Gasteiger partial charge in [-0.25, -0.2) is 17.9 Å². The Morgan fingerprint density at radius 1 is 1.35 bits per heavy atom. The number of aromatic carboxylic acids is 1. The standard InChI is InChI=1S/C13H19NO4S2/c1-9(10-5-3-2-4-6-10)14-20(17,18)12-8-7-11(19-12)13(15)16/h7-10,14H,2-6H2,1H3,(H,15,16)/t9-/m0/s1. The fourth-order valence-corrected chi connectivity index (χ4v) is 5.09. The molecule has 0 unspecified atom stereocenters. The van der Waals surface area contributed by atoms with Gasteiger partial charge >= 0.3 is 5.97 Å². The molecule has 1 aliphatic carbocycles. The fourth-order valence-electron chi connectivity index (χ4n) is 2.61. The number of hydrogen-bond acceptors (Lipinski definition) is 4. The molecule has 1 aliphatic rings. The van der Waals surface area contributed by atoms with Crippen molar-refractivity contribution in [2.24, 2.45) is 5.92 Å². The van der Waals surface area contributed by atoms with E-state index in [2.05, 4.69) is 4.72 Å². The summed E-state index contributed by atoms with van der Waals surface area (Å²) in [5.41, 5.74) is 0. The monoisotopic (exact) mass is 317 g/mol. The molecule has 0 spiro atoms. The van der Waals surface area contributed by atoms with Gasteiger partial charge in [0, 0.05) is 6.04 Å². The lowest BCUT2D eigenvalue weighted by Crippen LogP contribution is -2.38. The van der Waals surface area contributed by atoms with Crippen molar-refractivity contribution in [2.45, 2.75) is 49.3 Å². The summed E-state index contributed by atoms with van der Waals surface area (Å²) in [6, 6.07) is 2.56. The lowest BCUT2D eigenvalue weighted by molar-refractivity contribution is 0.0702. The average molecular weight is 317 g/mol. The average Bonchev–Trinajstić information content (AvgIpc) is 2.90. The van der Waals surface area contributed by atoms with E-state index >= 15 is 0 Å². The van der Waals surface area contributed by atoms with Crippen molar-refractivity contribution < 1.29 is 18.3 Å². The van der Waals surface area contributed by atoms with Crippen LogP contribution in [0.3, 0.4) is 0 Å². The topological polar surface area (TPSA) is 83.5 Å². The van der Waals surface area contributed by atoms with Crippen LogP contribution in [0.15, 0.2) is 16.3 Å². The SMILES string of the molecule is C[C@H](NS(=O)(=O)c1ccc(C(=O)O)s1)C1CCCCC1. The van der Waals surface area contributed by atoms with E-state index in [1.165, 1.54) is 18.6 Å². The maximum absolute atomic E-state index is 12.2. The summed E-state index contributed by atoms with van der Waals surface area (Å²) >= 11 is 0.787. The number of sulfonamides is 1. The first-order valence-corrected chi connectivity index (χ1v) is 9.05. The smallest absolute Gasteiger partial charge is 0.345 e. The zero-order valence-corrected chi connectivity index (χ0v) is 13.0. The summed E-state index contributed by atoms with van der Waals surface area (Å²) in [5, 5.41) is 8.84. The molecule has 0 aromatic carbocycles. The van der Waals surface area contributed by atoms with Crippen LogP contribution in [0.1, 0.15) is 48.7 Å². The molecule has 2 N–H and O–H groups in total. The number of thiophene rings is 1. The zero-order valence-electron chi connectivity index (χ0n) is 11.3. The summed E-state index contributed by atoms with van der Waals surface area (Å²) in [6.45, 7) is 1.89. The van der Waals surface area contributed by atoms with Gasteiger partial charge < -0.3 is 5.11 Å². The van der Waals surface area contributed by atoms with Crippen molar-refractivity contribution >= 4 is 27.3 Å². The molecule has 1 aromatic heterocycles. The van der Waals surface area contributed by atoms with E-state index in [1.807, 2.05) is 6.92 Å². The van der Waals surface area contributed by atoms with E-state index < -0.39 is 16.0 Å². The van der Waals surface area contributed by atoms with Crippen molar-refractivity contribution in [1.29, 1.82) is 0 Å². The predicted octanol–water partition coefficient (Wildman–Crippen LogP) is 2.69. The third-order valence-corrected chi connectivity index (χ3v) is 6.88. The maximum Gasteiger partial charge on any atom is 0.345 e. The second-order valence-corrected chi connectivity index (χ2v) is 8.26. The molecular formula is C13H19NO4S2. The molecule has 1 fully saturated rings. The van der Waals surface area contributed by atoms with Gasteiger partial charge in [-0.2, -0.15) is 0 Å². The van der Waals surface area contributed by atoms with Gasteiger partial charge in [-0.05, 0) is 37.8 Å². The van der Waals surface area contributed by atoms with E-state index in [-0.39, 0.29) is 15.1 Å². The number of nitrogens with one attached hydrogen (secondary N) is 1. The molecule has 1 aromatic rings. The van der Waals surface area contributed by atoms with Crippen LogP contribution in [-0.4, -0.2) is 25.5 Å². The van der Waals surface area contributed by atoms with E-state index in [9.17, 15) is 13.2 Å². The predicted molar refractivity (Wildman–Crippen MR) is 77.6 cm³/mol. The maximum atomic E-state index is 12.2. The molecule has 0 amide bonds. The van der Waals surface area contributed by atoms with Crippen molar-refractivity contribution in [1.82, 2.24) is 4.72 Å². The number of hydrogen-bond donors (Lipinski definition) is 2. The summed E-state index contributed by atoms with van der Waals surface area (Å²) in [4.78, 5) is 10.8. The second-order valence-electron chi connectivity index (χ2n) is 5.23. The Kier molecular flexibility index (Phi) is 4.82. The van der Waals surface area contributed by atoms with Crippen molar-refractivity contribution in [2.75, 3.05) is 0 Å². The molecule has 0 bridgehead atoms. The summed E-state index contributed by atoms with van der Waals surface area (Å²) in [6.07, 6.45) is 5.63. The zero-order chi connectivity index (χ0) is 14.8. The van der Waals surface area contributed by atoms with Crippen LogP contribution in [0.25, 0.3) is 0 Å². The van der Waals surface area contributed by atoms with E-state index in [0.29, 0.717) is 5.92 Å². The van der Waals surface area contributed by atoms with Gasteiger partial charge in [0.25, 0.3) is 0 Å². The van der Waals surface area contributed by atoms with Crippen LogP contribution in [0, 0.1) is 5.92 Å². The molecule has 112 valence electrons. The first kappa shape index (κ1) is 15.5. The molecule has 1 heterocycles. The molecule has 1 saturated carbocycles. The van der Waals surface area contributed by atoms with Gasteiger partial charge in [0.1, 0.15) is 9.09 Å². The summed E-state index contributed by atoms with van der Waals surface area (Å²) in [5.74, 6) is -0.728. The normalized spacial score (nSPS) is 18.9. The van der Waals surface area contributed by atoms with Gasteiger partial charge in [0.05, 0.1) is 0 Å². The molecule has 5 nitrogen and oxygen atoms in total. The lowest BCUT2D eigenvalue weighted by atomic mass is 9.85. The Hall–Kier alpha value is -0.920. The number of carboxylic acid groups (broad SMARTS) is 1. The van der Waals surface area contributed by atoms with E-state index in [4.69, 9.17) is 5.11 Å². The highest BCUT2D eigenvalue weighted by molar-refractivity contribution is 7.91. The Labute approximate surface area is 123 Å². The van der Waals surface area contributed by atoms with Gasteiger partial charge in [-0.15, -0.1) is 11.3 Å². The Morgan fingerprint density at radius 2 is 2.00 bits per heavy atom. The minimum atomic E-state index is -3.62. The van der Waals surface area contributed by atoms with Crippen LogP contribution < -0.4 is 4.72 Å². The van der Waals surface area contributed by atoms with Crippen molar-refractivity contribution in [3.05, 3.63) is 17.0 Å². The van der Waals surface area contributed by atoms with Crippen LogP contribution in [0.2, 0.25) is 0 Å². The van der Waals surface area contributed by atoms with Crippen LogP contribution >= 0.6 is 11.3 Å². The third kappa shape index (κ3) is 3.59. The fraction of sp³-hybridized carbons (Fsp3) is 0.615. The quantitative estimate of drug-likeness (QED) is 0.874. The minimum absolute atomic E-state index is 0.0377. The highest BCUT2D eigenvalue weighted by Crippen LogP contribution is 2.28. The Morgan fingerprint density at radius 3 is 2.55 bits per heavy atom. The van der Waals surface area contributed by atoms with Crippen molar-refractivity contribution in [3.8, 4) is 0 Å². The van der Waals surface area contributed by atoms with Crippen LogP contribution in [0.5, 0.6) is 0 Å². The molecule has 20 heavy (non-hydrogen) atoms. The molecule has 2 rings (SSSR count). The molecule has 0 aliphatic heterocycles. The molecule has 1 atom stereocenters. The summed E-state index contributed by atoms with van der Waals surface area (Å²) < 4.78 is 27.2. The first-order chi connectivity index (χ1) is 9.40. The molecule has 0 saturated heterocycles. The van der Waals surface area contributed by atoms with E-state index in [1.54, 1.807) is 0 Å². The Balaban J connectivity index is 2.07. The van der Waals surface area contributed by atoms with Crippen molar-refractivity contribution in [3.63, 3.8) is 0 Å². The van der Waals surface area contributed by atoms with Gasteiger partial charge in [-0.1, -0.05) is 19.3 Å². The molecule has 0 radical (unpaired) electrons. The minimum Gasteiger partial charge on any atom is -0.477 e. The van der Waals surface area contributed by atoms with Crippen LogP contribution in [-0.2, 0) is 10.0 Å². The Bertz CT molecular complexity index is 573. The van der Waals surface area contributed by atoms with Crippen LogP contribution in [0.4, 0.5) is 0 Å². The highest BCUT2D eigenvalue weighted by Gasteiger charge is 2.26. The molecular weight excluding hydrogens is 298 g/mol.